The SMILES string of the molecule is CCc1ccc(COOc2ccc3c(c2C)CCCC3)cc1. The van der Waals surface area contributed by atoms with Gasteiger partial charge in [0.25, 0.3) is 0 Å². The zero-order valence-electron chi connectivity index (χ0n) is 13.5. The van der Waals surface area contributed by atoms with Gasteiger partial charge < -0.3 is 4.89 Å². The maximum Gasteiger partial charge on any atom is 0.168 e. The van der Waals surface area contributed by atoms with E-state index < -0.39 is 0 Å². The first-order chi connectivity index (χ1) is 10.8. The Balaban J connectivity index is 1.61. The van der Waals surface area contributed by atoms with Gasteiger partial charge in [0.05, 0.1) is 0 Å². The smallest absolute Gasteiger partial charge is 0.168 e. The standard InChI is InChI=1S/C20H24O2/c1-3-16-8-10-17(11-9-16)14-21-22-20-13-12-18-6-4-5-7-19(18)15(20)2/h8-13H,3-7,14H2,1-2H3. The van der Waals surface area contributed by atoms with Gasteiger partial charge in [-0.3, -0.25) is 0 Å². The van der Waals surface area contributed by atoms with E-state index in [0.29, 0.717) is 6.61 Å². The van der Waals surface area contributed by atoms with Crippen LogP contribution in [-0.4, -0.2) is 0 Å². The zero-order valence-corrected chi connectivity index (χ0v) is 13.5. The monoisotopic (exact) mass is 296 g/mol. The molecule has 2 aromatic carbocycles. The number of benzene rings is 2. The number of rotatable bonds is 5. The fraction of sp³-hybridized carbons (Fsp3) is 0.400. The molecule has 1 aliphatic carbocycles. The van der Waals surface area contributed by atoms with E-state index in [1.54, 1.807) is 0 Å². The van der Waals surface area contributed by atoms with Gasteiger partial charge in [-0.2, -0.15) is 4.89 Å². The van der Waals surface area contributed by atoms with E-state index in [1.807, 2.05) is 6.07 Å². The summed E-state index contributed by atoms with van der Waals surface area (Å²) in [7, 11) is 0. The summed E-state index contributed by atoms with van der Waals surface area (Å²) in [6.45, 7) is 4.77. The minimum Gasteiger partial charge on any atom is -0.337 e. The molecule has 0 fully saturated rings. The third kappa shape index (κ3) is 3.33. The van der Waals surface area contributed by atoms with Gasteiger partial charge in [-0.15, -0.1) is 0 Å². The van der Waals surface area contributed by atoms with Crippen LogP contribution in [0.15, 0.2) is 36.4 Å². The Kier molecular flexibility index (Phi) is 4.79. The van der Waals surface area contributed by atoms with Crippen molar-refractivity contribution in [1.82, 2.24) is 0 Å². The zero-order chi connectivity index (χ0) is 15.4. The lowest BCUT2D eigenvalue weighted by Crippen LogP contribution is -2.07. The summed E-state index contributed by atoms with van der Waals surface area (Å²) < 4.78 is 0. The van der Waals surface area contributed by atoms with Crippen LogP contribution in [0.4, 0.5) is 0 Å². The Bertz CT molecular complexity index is 629. The minimum atomic E-state index is 0.473. The van der Waals surface area contributed by atoms with E-state index in [2.05, 4.69) is 44.2 Å². The average Bonchev–Trinajstić information content (AvgIpc) is 2.58. The molecule has 2 heteroatoms. The van der Waals surface area contributed by atoms with Crippen molar-refractivity contribution in [1.29, 1.82) is 0 Å². The lowest BCUT2D eigenvalue weighted by atomic mass is 9.88. The molecule has 0 atom stereocenters. The molecule has 22 heavy (non-hydrogen) atoms. The molecule has 116 valence electrons. The largest absolute Gasteiger partial charge is 0.337 e. The third-order valence-corrected chi connectivity index (χ3v) is 4.57. The van der Waals surface area contributed by atoms with Crippen LogP contribution >= 0.6 is 0 Å². The summed E-state index contributed by atoms with van der Waals surface area (Å²) in [4.78, 5) is 11.0. The van der Waals surface area contributed by atoms with Crippen molar-refractivity contribution in [3.63, 3.8) is 0 Å². The third-order valence-electron chi connectivity index (χ3n) is 4.57. The summed E-state index contributed by atoms with van der Waals surface area (Å²) in [6, 6.07) is 12.7. The van der Waals surface area contributed by atoms with E-state index in [1.165, 1.54) is 41.5 Å². The van der Waals surface area contributed by atoms with Crippen molar-refractivity contribution in [3.05, 3.63) is 64.2 Å². The predicted molar refractivity (Wildman–Crippen MR) is 89.1 cm³/mol. The number of aryl methyl sites for hydroxylation is 2. The van der Waals surface area contributed by atoms with E-state index in [-0.39, 0.29) is 0 Å². The van der Waals surface area contributed by atoms with Crippen molar-refractivity contribution < 1.29 is 9.78 Å². The van der Waals surface area contributed by atoms with Crippen LogP contribution in [0.3, 0.4) is 0 Å². The highest BCUT2D eigenvalue weighted by Gasteiger charge is 2.15. The van der Waals surface area contributed by atoms with Gasteiger partial charge in [0.2, 0.25) is 0 Å². The molecule has 0 heterocycles. The quantitative estimate of drug-likeness (QED) is 0.574. The molecule has 2 nitrogen and oxygen atoms in total. The summed E-state index contributed by atoms with van der Waals surface area (Å²) in [5.74, 6) is 0.853. The Morgan fingerprint density at radius 1 is 0.909 bits per heavy atom. The Morgan fingerprint density at radius 2 is 1.64 bits per heavy atom. The molecule has 0 saturated carbocycles. The van der Waals surface area contributed by atoms with Crippen LogP contribution in [0, 0.1) is 6.92 Å². The van der Waals surface area contributed by atoms with E-state index >= 15 is 0 Å². The maximum absolute atomic E-state index is 5.56. The van der Waals surface area contributed by atoms with Crippen molar-refractivity contribution in [2.75, 3.05) is 0 Å². The summed E-state index contributed by atoms with van der Waals surface area (Å²) in [5, 5.41) is 0. The van der Waals surface area contributed by atoms with E-state index in [4.69, 9.17) is 9.78 Å². The topological polar surface area (TPSA) is 18.5 Å². The molecule has 2 aromatic rings. The van der Waals surface area contributed by atoms with Crippen LogP contribution in [0.25, 0.3) is 0 Å². The molecule has 0 aromatic heterocycles. The van der Waals surface area contributed by atoms with Crippen molar-refractivity contribution in [2.24, 2.45) is 0 Å². The van der Waals surface area contributed by atoms with Crippen molar-refractivity contribution in [3.8, 4) is 5.75 Å². The second kappa shape index (κ2) is 6.97. The molecular weight excluding hydrogens is 272 g/mol. The fourth-order valence-electron chi connectivity index (χ4n) is 3.11. The van der Waals surface area contributed by atoms with Gasteiger partial charge in [-0.1, -0.05) is 37.3 Å². The van der Waals surface area contributed by atoms with Gasteiger partial charge in [0.1, 0.15) is 6.61 Å². The van der Waals surface area contributed by atoms with Crippen LogP contribution in [0.1, 0.15) is 47.6 Å². The number of hydrogen-bond donors (Lipinski definition) is 0. The van der Waals surface area contributed by atoms with E-state index in [0.717, 1.165) is 24.2 Å². The second-order valence-electron chi connectivity index (χ2n) is 6.05. The van der Waals surface area contributed by atoms with Crippen molar-refractivity contribution >= 4 is 0 Å². The van der Waals surface area contributed by atoms with Gasteiger partial charge >= 0.3 is 0 Å². The van der Waals surface area contributed by atoms with Crippen LogP contribution in [0.5, 0.6) is 5.75 Å². The normalized spacial score (nSPS) is 13.7. The lowest BCUT2D eigenvalue weighted by molar-refractivity contribution is -0.218. The first-order valence-electron chi connectivity index (χ1n) is 8.26. The van der Waals surface area contributed by atoms with Gasteiger partial charge in [0.15, 0.2) is 5.75 Å². The molecule has 0 spiro atoms. The predicted octanol–water partition coefficient (Wildman–Crippen LogP) is 4.95. The van der Waals surface area contributed by atoms with Gasteiger partial charge in [-0.25, -0.2) is 0 Å². The highest BCUT2D eigenvalue weighted by Crippen LogP contribution is 2.30. The highest BCUT2D eigenvalue weighted by atomic mass is 17.2. The second-order valence-corrected chi connectivity index (χ2v) is 6.05. The van der Waals surface area contributed by atoms with E-state index in [9.17, 15) is 0 Å². The fourth-order valence-corrected chi connectivity index (χ4v) is 3.11. The molecule has 0 bridgehead atoms. The number of fused-ring (bicyclic) bond motifs is 1. The van der Waals surface area contributed by atoms with Crippen LogP contribution < -0.4 is 4.89 Å². The van der Waals surface area contributed by atoms with Crippen LogP contribution in [-0.2, 0) is 30.8 Å². The Morgan fingerprint density at radius 3 is 2.41 bits per heavy atom. The molecule has 0 unspecified atom stereocenters. The first kappa shape index (κ1) is 15.1. The Hall–Kier alpha value is -1.80. The summed E-state index contributed by atoms with van der Waals surface area (Å²) in [6.07, 6.45) is 6.00. The molecule has 0 aliphatic heterocycles. The molecular formula is C20H24O2. The maximum atomic E-state index is 5.56. The molecule has 1 aliphatic rings. The molecule has 0 saturated heterocycles. The Labute approximate surface area is 133 Å². The first-order valence-corrected chi connectivity index (χ1v) is 8.26. The van der Waals surface area contributed by atoms with Crippen LogP contribution in [0.2, 0.25) is 0 Å². The molecule has 0 N–H and O–H groups in total. The number of hydrogen-bond acceptors (Lipinski definition) is 2. The molecule has 0 amide bonds. The van der Waals surface area contributed by atoms with Gasteiger partial charge in [0, 0.05) is 0 Å². The van der Waals surface area contributed by atoms with Gasteiger partial charge in [-0.05, 0) is 72.9 Å². The lowest BCUT2D eigenvalue weighted by Gasteiger charge is -2.19. The summed E-state index contributed by atoms with van der Waals surface area (Å²) in [5.41, 5.74) is 6.65. The minimum absolute atomic E-state index is 0.473. The average molecular weight is 296 g/mol. The molecule has 0 radical (unpaired) electrons. The summed E-state index contributed by atoms with van der Waals surface area (Å²) >= 11 is 0. The highest BCUT2D eigenvalue weighted by molar-refractivity contribution is 5.45. The van der Waals surface area contributed by atoms with Crippen molar-refractivity contribution in [2.45, 2.75) is 52.6 Å². The molecule has 3 rings (SSSR count).